The summed E-state index contributed by atoms with van der Waals surface area (Å²) in [6.45, 7) is 0. The Morgan fingerprint density at radius 2 is 1.74 bits per heavy atom. The van der Waals surface area contributed by atoms with Crippen molar-refractivity contribution in [1.82, 2.24) is 0 Å². The molecule has 19 heavy (non-hydrogen) atoms. The van der Waals surface area contributed by atoms with E-state index in [0.29, 0.717) is 10.6 Å². The number of fused-ring (bicyclic) bond motifs is 1. The second kappa shape index (κ2) is 5.18. The summed E-state index contributed by atoms with van der Waals surface area (Å²) in [5, 5.41) is 0.639. The van der Waals surface area contributed by atoms with Crippen molar-refractivity contribution < 1.29 is 4.79 Å². The van der Waals surface area contributed by atoms with E-state index >= 15 is 0 Å². The number of aldehydes is 1. The fraction of sp³-hybridized carbons (Fsp3) is 0.235. The van der Waals surface area contributed by atoms with Crippen LogP contribution < -0.4 is 0 Å². The molecule has 0 atom stereocenters. The molecule has 0 bridgehead atoms. The Morgan fingerprint density at radius 3 is 2.47 bits per heavy atom. The van der Waals surface area contributed by atoms with E-state index in [4.69, 9.17) is 11.6 Å². The molecular weight excluding hydrogens is 256 g/mol. The Bertz CT molecular complexity index is 631. The molecule has 2 aromatic carbocycles. The molecule has 0 saturated heterocycles. The van der Waals surface area contributed by atoms with Crippen molar-refractivity contribution in [2.24, 2.45) is 0 Å². The van der Waals surface area contributed by atoms with Gasteiger partial charge in [0, 0.05) is 16.1 Å². The molecule has 0 aliphatic heterocycles. The van der Waals surface area contributed by atoms with Crippen LogP contribution in [0, 0.1) is 0 Å². The van der Waals surface area contributed by atoms with Crippen LogP contribution in [-0.2, 0) is 12.8 Å². The highest BCUT2D eigenvalue weighted by atomic mass is 35.5. The topological polar surface area (TPSA) is 17.1 Å². The van der Waals surface area contributed by atoms with Crippen LogP contribution >= 0.6 is 11.6 Å². The van der Waals surface area contributed by atoms with Gasteiger partial charge in [0.25, 0.3) is 0 Å². The molecule has 1 aliphatic carbocycles. The van der Waals surface area contributed by atoms with Crippen molar-refractivity contribution in [3.63, 3.8) is 0 Å². The molecular formula is C17H15ClO. The molecule has 0 fully saturated rings. The number of rotatable bonds is 2. The van der Waals surface area contributed by atoms with Gasteiger partial charge in [-0.3, -0.25) is 4.79 Å². The zero-order valence-corrected chi connectivity index (χ0v) is 11.4. The molecule has 1 nitrogen and oxygen atoms in total. The van der Waals surface area contributed by atoms with E-state index in [1.54, 1.807) is 6.07 Å². The Balaban J connectivity index is 2.04. The second-order valence-electron chi connectivity index (χ2n) is 5.05. The van der Waals surface area contributed by atoms with Gasteiger partial charge in [0.05, 0.1) is 0 Å². The van der Waals surface area contributed by atoms with Gasteiger partial charge in [0.2, 0.25) is 0 Å². The lowest BCUT2D eigenvalue weighted by Crippen LogP contribution is -2.02. The van der Waals surface area contributed by atoms with Crippen LogP contribution in [0.5, 0.6) is 0 Å². The first-order chi connectivity index (χ1) is 9.28. The third kappa shape index (κ3) is 2.43. The molecule has 0 heterocycles. The molecule has 0 amide bonds. The maximum atomic E-state index is 10.7. The minimum atomic E-state index is 0.617. The largest absolute Gasteiger partial charge is 0.298 e. The Morgan fingerprint density at radius 1 is 0.947 bits per heavy atom. The number of benzene rings is 2. The Kier molecular flexibility index (Phi) is 3.39. The predicted molar refractivity (Wildman–Crippen MR) is 78.9 cm³/mol. The van der Waals surface area contributed by atoms with Crippen molar-refractivity contribution in [2.45, 2.75) is 25.7 Å². The lowest BCUT2D eigenvalue weighted by Gasteiger charge is -2.17. The van der Waals surface area contributed by atoms with E-state index in [1.807, 2.05) is 12.1 Å². The molecule has 0 radical (unpaired) electrons. The quantitative estimate of drug-likeness (QED) is 0.723. The zero-order chi connectivity index (χ0) is 13.2. The van der Waals surface area contributed by atoms with E-state index in [2.05, 4.69) is 18.2 Å². The van der Waals surface area contributed by atoms with E-state index in [1.165, 1.54) is 30.4 Å². The van der Waals surface area contributed by atoms with Crippen LogP contribution in [0.3, 0.4) is 0 Å². The average molecular weight is 271 g/mol. The smallest absolute Gasteiger partial charge is 0.150 e. The number of halogens is 1. The summed E-state index contributed by atoms with van der Waals surface area (Å²) >= 11 is 6.27. The fourth-order valence-corrected chi connectivity index (χ4v) is 3.04. The monoisotopic (exact) mass is 270 g/mol. The van der Waals surface area contributed by atoms with Crippen LogP contribution in [0.2, 0.25) is 5.02 Å². The minimum absolute atomic E-state index is 0.617. The maximum absolute atomic E-state index is 10.7. The lowest BCUT2D eigenvalue weighted by molar-refractivity contribution is 0.112. The standard InChI is InChI=1S/C17H15ClO/c18-17-9-12(11-19)5-8-16(17)15-7-6-13-3-1-2-4-14(13)10-15/h5-11H,1-4H2. The highest BCUT2D eigenvalue weighted by Crippen LogP contribution is 2.32. The van der Waals surface area contributed by atoms with Crippen molar-refractivity contribution in [3.05, 3.63) is 58.1 Å². The third-order valence-corrected chi connectivity index (χ3v) is 4.10. The third-order valence-electron chi connectivity index (χ3n) is 3.79. The highest BCUT2D eigenvalue weighted by molar-refractivity contribution is 6.33. The second-order valence-corrected chi connectivity index (χ2v) is 5.45. The molecule has 1 aliphatic rings. The van der Waals surface area contributed by atoms with Crippen LogP contribution in [0.4, 0.5) is 0 Å². The van der Waals surface area contributed by atoms with E-state index in [0.717, 1.165) is 23.8 Å². The van der Waals surface area contributed by atoms with E-state index < -0.39 is 0 Å². The molecule has 0 unspecified atom stereocenters. The van der Waals surface area contributed by atoms with Gasteiger partial charge in [-0.25, -0.2) is 0 Å². The molecule has 0 aromatic heterocycles. The van der Waals surface area contributed by atoms with Crippen LogP contribution in [-0.4, -0.2) is 6.29 Å². The van der Waals surface area contributed by atoms with Crippen molar-refractivity contribution >= 4 is 17.9 Å². The maximum Gasteiger partial charge on any atom is 0.150 e. The van der Waals surface area contributed by atoms with Crippen molar-refractivity contribution in [2.75, 3.05) is 0 Å². The number of hydrogen-bond donors (Lipinski definition) is 0. The van der Waals surface area contributed by atoms with E-state index in [-0.39, 0.29) is 0 Å². The number of carbonyl (C=O) groups is 1. The number of carbonyl (C=O) groups excluding carboxylic acids is 1. The van der Waals surface area contributed by atoms with Gasteiger partial charge >= 0.3 is 0 Å². The van der Waals surface area contributed by atoms with Gasteiger partial charge in [-0.05, 0) is 48.4 Å². The van der Waals surface area contributed by atoms with Crippen LogP contribution in [0.15, 0.2) is 36.4 Å². The Labute approximate surface area is 118 Å². The van der Waals surface area contributed by atoms with Gasteiger partial charge in [0.15, 0.2) is 0 Å². The number of aryl methyl sites for hydroxylation is 2. The first kappa shape index (κ1) is 12.4. The summed E-state index contributed by atoms with van der Waals surface area (Å²) in [6.07, 6.45) is 5.73. The molecule has 0 spiro atoms. The van der Waals surface area contributed by atoms with Gasteiger partial charge in [-0.15, -0.1) is 0 Å². The van der Waals surface area contributed by atoms with Crippen LogP contribution in [0.25, 0.3) is 11.1 Å². The van der Waals surface area contributed by atoms with Crippen LogP contribution in [0.1, 0.15) is 34.3 Å². The normalized spacial score (nSPS) is 13.9. The summed E-state index contributed by atoms with van der Waals surface area (Å²) in [6, 6.07) is 12.1. The first-order valence-corrected chi connectivity index (χ1v) is 7.02. The van der Waals surface area contributed by atoms with Gasteiger partial charge in [-0.2, -0.15) is 0 Å². The van der Waals surface area contributed by atoms with Gasteiger partial charge in [-0.1, -0.05) is 41.9 Å². The summed E-state index contributed by atoms with van der Waals surface area (Å²) < 4.78 is 0. The van der Waals surface area contributed by atoms with Crippen molar-refractivity contribution in [1.29, 1.82) is 0 Å². The fourth-order valence-electron chi connectivity index (χ4n) is 2.74. The summed E-state index contributed by atoms with van der Waals surface area (Å²) in [7, 11) is 0. The van der Waals surface area contributed by atoms with Gasteiger partial charge < -0.3 is 0 Å². The molecule has 3 rings (SSSR count). The summed E-state index contributed by atoms with van der Waals surface area (Å²) in [5.74, 6) is 0. The average Bonchev–Trinajstić information content (AvgIpc) is 2.46. The molecule has 96 valence electrons. The molecule has 2 heteroatoms. The predicted octanol–water partition coefficient (Wildman–Crippen LogP) is 4.70. The highest BCUT2D eigenvalue weighted by Gasteiger charge is 2.11. The Hall–Kier alpha value is -1.60. The summed E-state index contributed by atoms with van der Waals surface area (Å²) in [4.78, 5) is 10.7. The molecule has 2 aromatic rings. The SMILES string of the molecule is O=Cc1ccc(-c2ccc3c(c2)CCCC3)c(Cl)c1. The van der Waals surface area contributed by atoms with Gasteiger partial charge in [0.1, 0.15) is 6.29 Å². The number of hydrogen-bond acceptors (Lipinski definition) is 1. The zero-order valence-electron chi connectivity index (χ0n) is 10.7. The summed E-state index contributed by atoms with van der Waals surface area (Å²) in [5.41, 5.74) is 5.67. The van der Waals surface area contributed by atoms with Crippen molar-refractivity contribution in [3.8, 4) is 11.1 Å². The van der Waals surface area contributed by atoms with E-state index in [9.17, 15) is 4.79 Å². The lowest BCUT2D eigenvalue weighted by atomic mass is 9.89. The molecule has 0 saturated carbocycles. The molecule has 0 N–H and O–H groups in total. The minimum Gasteiger partial charge on any atom is -0.298 e. The first-order valence-electron chi connectivity index (χ1n) is 6.65.